The van der Waals surface area contributed by atoms with Gasteiger partial charge in [-0.25, -0.2) is 8.42 Å². The molecule has 0 radical (unpaired) electrons. The topological polar surface area (TPSA) is 86.8 Å². The van der Waals surface area contributed by atoms with Crippen LogP contribution in [0.5, 0.6) is 0 Å². The minimum atomic E-state index is -4.22. The molecule has 0 saturated carbocycles. The number of unbranched alkanes of at least 4 members (excludes halogenated alkanes) is 1. The molecule has 1 N–H and O–H groups in total. The molecular weight excluding hydrogens is 581 g/mol. The number of benzene rings is 3. The van der Waals surface area contributed by atoms with Gasteiger partial charge in [0.05, 0.1) is 10.6 Å². The number of amides is 2. The second-order valence-electron chi connectivity index (χ2n) is 8.88. The van der Waals surface area contributed by atoms with E-state index < -0.39 is 28.5 Å². The van der Waals surface area contributed by atoms with Crippen molar-refractivity contribution in [1.82, 2.24) is 10.2 Å². The van der Waals surface area contributed by atoms with Gasteiger partial charge >= 0.3 is 0 Å². The fourth-order valence-corrected chi connectivity index (χ4v) is 5.73. The summed E-state index contributed by atoms with van der Waals surface area (Å²) in [6, 6.07) is 17.9. The molecule has 0 aliphatic rings. The van der Waals surface area contributed by atoms with Crippen molar-refractivity contribution in [1.29, 1.82) is 0 Å². The summed E-state index contributed by atoms with van der Waals surface area (Å²) in [5, 5.41) is 3.94. The van der Waals surface area contributed by atoms with Gasteiger partial charge in [-0.1, -0.05) is 72.4 Å². The lowest BCUT2D eigenvalue weighted by Gasteiger charge is -2.32. The Balaban J connectivity index is 2.01. The molecule has 7 nitrogen and oxygen atoms in total. The van der Waals surface area contributed by atoms with Crippen LogP contribution in [-0.4, -0.2) is 44.3 Å². The second kappa shape index (κ2) is 14.0. The van der Waals surface area contributed by atoms with Crippen LogP contribution < -0.4 is 9.62 Å². The lowest BCUT2D eigenvalue weighted by atomic mass is 10.1. The Morgan fingerprint density at radius 2 is 1.62 bits per heavy atom. The fourth-order valence-electron chi connectivity index (χ4n) is 3.82. The molecule has 0 saturated heterocycles. The van der Waals surface area contributed by atoms with Crippen LogP contribution in [0, 0.1) is 0 Å². The van der Waals surface area contributed by atoms with Crippen molar-refractivity contribution in [3.8, 4) is 0 Å². The van der Waals surface area contributed by atoms with E-state index in [4.69, 9.17) is 34.8 Å². The molecule has 1 atom stereocenters. The molecule has 3 aromatic rings. The van der Waals surface area contributed by atoms with E-state index >= 15 is 0 Å². The molecule has 0 heterocycles. The number of halogens is 3. The zero-order chi connectivity index (χ0) is 28.6. The number of rotatable bonds is 12. The average molecular weight is 611 g/mol. The molecule has 0 bridgehead atoms. The third kappa shape index (κ3) is 8.11. The molecular formula is C28H30Cl3N3O4S. The van der Waals surface area contributed by atoms with Crippen LogP contribution in [0.2, 0.25) is 15.1 Å². The monoisotopic (exact) mass is 609 g/mol. The first-order valence-electron chi connectivity index (χ1n) is 12.4. The van der Waals surface area contributed by atoms with E-state index in [1.54, 1.807) is 49.4 Å². The normalized spacial score (nSPS) is 12.0. The number of hydrogen-bond donors (Lipinski definition) is 1. The number of anilines is 1. The van der Waals surface area contributed by atoms with Crippen molar-refractivity contribution in [2.45, 2.75) is 44.2 Å². The van der Waals surface area contributed by atoms with Crippen molar-refractivity contribution in [2.24, 2.45) is 0 Å². The molecule has 39 heavy (non-hydrogen) atoms. The molecule has 2 amide bonds. The Kier molecular flexibility index (Phi) is 11.1. The number of hydrogen-bond acceptors (Lipinski definition) is 4. The van der Waals surface area contributed by atoms with Gasteiger partial charge in [-0.05, 0) is 67.4 Å². The summed E-state index contributed by atoms with van der Waals surface area (Å²) in [6.07, 6.45) is 1.69. The Morgan fingerprint density at radius 1 is 0.923 bits per heavy atom. The highest BCUT2D eigenvalue weighted by molar-refractivity contribution is 7.92. The lowest BCUT2D eigenvalue weighted by Crippen LogP contribution is -2.51. The van der Waals surface area contributed by atoms with Crippen molar-refractivity contribution in [3.05, 3.63) is 93.4 Å². The molecule has 208 valence electrons. The minimum absolute atomic E-state index is 0.00521. The van der Waals surface area contributed by atoms with Crippen LogP contribution in [0.25, 0.3) is 0 Å². The van der Waals surface area contributed by atoms with Crippen LogP contribution >= 0.6 is 34.8 Å². The first-order chi connectivity index (χ1) is 18.5. The Morgan fingerprint density at radius 3 is 2.26 bits per heavy atom. The average Bonchev–Trinajstić information content (AvgIpc) is 2.91. The smallest absolute Gasteiger partial charge is 0.264 e. The first kappa shape index (κ1) is 30.8. The molecule has 3 aromatic carbocycles. The van der Waals surface area contributed by atoms with Gasteiger partial charge in [-0.3, -0.25) is 13.9 Å². The predicted octanol–water partition coefficient (Wildman–Crippen LogP) is 6.18. The Hall–Kier alpha value is -2.78. The van der Waals surface area contributed by atoms with E-state index in [0.717, 1.165) is 17.1 Å². The van der Waals surface area contributed by atoms with E-state index in [1.165, 1.54) is 35.2 Å². The van der Waals surface area contributed by atoms with Gasteiger partial charge in [-0.2, -0.15) is 0 Å². The van der Waals surface area contributed by atoms with Crippen molar-refractivity contribution in [3.63, 3.8) is 0 Å². The molecule has 0 aromatic heterocycles. The molecule has 0 unspecified atom stereocenters. The standard InChI is InChI=1S/C28H30Cl3N3O4S/c1-3-4-16-32-28(36)20(2)33(18-21-8-5-6-11-26(21)31)27(35)19-34(24-10-7-9-23(30)17-24)39(37,38)25-14-12-22(29)13-15-25/h5-15,17,20H,3-4,16,18-19H2,1-2H3,(H,32,36)/t20-/m1/s1. The summed E-state index contributed by atoms with van der Waals surface area (Å²) in [4.78, 5) is 28.1. The van der Waals surface area contributed by atoms with Crippen LogP contribution in [0.15, 0.2) is 77.7 Å². The van der Waals surface area contributed by atoms with Gasteiger partial charge in [0.15, 0.2) is 0 Å². The SMILES string of the molecule is CCCCNC(=O)[C@@H](C)N(Cc1ccccc1Cl)C(=O)CN(c1cccc(Cl)c1)S(=O)(=O)c1ccc(Cl)cc1. The number of carbonyl (C=O) groups excluding carboxylic acids is 2. The summed E-state index contributed by atoms with van der Waals surface area (Å²) < 4.78 is 28.5. The molecule has 11 heteroatoms. The van der Waals surface area contributed by atoms with Gasteiger partial charge in [0.25, 0.3) is 10.0 Å². The maximum Gasteiger partial charge on any atom is 0.264 e. The summed E-state index contributed by atoms with van der Waals surface area (Å²) in [6.45, 7) is 3.50. The summed E-state index contributed by atoms with van der Waals surface area (Å²) >= 11 is 18.5. The van der Waals surface area contributed by atoms with Crippen LogP contribution in [0.4, 0.5) is 5.69 Å². The first-order valence-corrected chi connectivity index (χ1v) is 15.0. The number of nitrogens with zero attached hydrogens (tertiary/aromatic N) is 2. The van der Waals surface area contributed by atoms with E-state index in [0.29, 0.717) is 27.2 Å². The van der Waals surface area contributed by atoms with Gasteiger partial charge in [0.2, 0.25) is 11.8 Å². The zero-order valence-electron chi connectivity index (χ0n) is 21.6. The maximum atomic E-state index is 13.9. The second-order valence-corrected chi connectivity index (χ2v) is 12.0. The van der Waals surface area contributed by atoms with Crippen LogP contribution in [0.3, 0.4) is 0 Å². The lowest BCUT2D eigenvalue weighted by molar-refractivity contribution is -0.139. The summed E-state index contributed by atoms with van der Waals surface area (Å²) in [5.74, 6) is -0.940. The van der Waals surface area contributed by atoms with E-state index in [9.17, 15) is 18.0 Å². The largest absolute Gasteiger partial charge is 0.354 e. The number of nitrogens with one attached hydrogen (secondary N) is 1. The van der Waals surface area contributed by atoms with Crippen LogP contribution in [0.1, 0.15) is 32.3 Å². The van der Waals surface area contributed by atoms with E-state index in [1.807, 2.05) is 6.92 Å². The maximum absolute atomic E-state index is 13.9. The van der Waals surface area contributed by atoms with Crippen molar-refractivity contribution < 1.29 is 18.0 Å². The quantitative estimate of drug-likeness (QED) is 0.248. The molecule has 0 spiro atoms. The summed E-state index contributed by atoms with van der Waals surface area (Å²) in [5.41, 5.74) is 0.819. The minimum Gasteiger partial charge on any atom is -0.354 e. The Labute approximate surface area is 244 Å². The molecule has 0 fully saturated rings. The Bertz CT molecular complexity index is 1400. The highest BCUT2D eigenvalue weighted by Crippen LogP contribution is 2.28. The summed E-state index contributed by atoms with van der Waals surface area (Å²) in [7, 11) is -4.22. The number of carbonyl (C=O) groups is 2. The van der Waals surface area contributed by atoms with Gasteiger partial charge in [-0.15, -0.1) is 0 Å². The molecule has 3 rings (SSSR count). The van der Waals surface area contributed by atoms with Gasteiger partial charge in [0, 0.05) is 28.2 Å². The van der Waals surface area contributed by atoms with Crippen molar-refractivity contribution in [2.75, 3.05) is 17.4 Å². The van der Waals surface area contributed by atoms with Crippen molar-refractivity contribution >= 4 is 62.3 Å². The van der Waals surface area contributed by atoms with Gasteiger partial charge < -0.3 is 10.2 Å². The number of sulfonamides is 1. The van der Waals surface area contributed by atoms with E-state index in [-0.39, 0.29) is 23.0 Å². The molecule has 0 aliphatic carbocycles. The van der Waals surface area contributed by atoms with Gasteiger partial charge in [0.1, 0.15) is 12.6 Å². The third-order valence-corrected chi connectivity index (χ3v) is 8.72. The zero-order valence-corrected chi connectivity index (χ0v) is 24.7. The predicted molar refractivity (Wildman–Crippen MR) is 157 cm³/mol. The third-order valence-electron chi connectivity index (χ3n) is 6.07. The molecule has 0 aliphatic heterocycles. The highest BCUT2D eigenvalue weighted by Gasteiger charge is 2.32. The van der Waals surface area contributed by atoms with Crippen LogP contribution in [-0.2, 0) is 26.2 Å². The van der Waals surface area contributed by atoms with E-state index in [2.05, 4.69) is 5.32 Å². The highest BCUT2D eigenvalue weighted by atomic mass is 35.5. The fraction of sp³-hybridized carbons (Fsp3) is 0.286.